The Morgan fingerprint density at radius 1 is 1.08 bits per heavy atom. The topological polar surface area (TPSA) is 76.3 Å². The van der Waals surface area contributed by atoms with Crippen LogP contribution in [0.4, 0.5) is 5.82 Å². The van der Waals surface area contributed by atoms with Crippen LogP contribution in [0.5, 0.6) is 5.75 Å². The van der Waals surface area contributed by atoms with Crippen molar-refractivity contribution in [2.45, 2.75) is 18.4 Å². The fraction of sp³-hybridized carbons (Fsp3) is 0.316. The number of aliphatic hydroxyl groups is 1. The maximum absolute atomic E-state index is 11.1. The third-order valence-corrected chi connectivity index (χ3v) is 4.89. The number of ether oxygens (including phenoxy) is 1. The van der Waals surface area contributed by atoms with Gasteiger partial charge in [0, 0.05) is 25.5 Å². The molecule has 1 aliphatic rings. The highest BCUT2D eigenvalue weighted by Crippen LogP contribution is 2.34. The van der Waals surface area contributed by atoms with Crippen LogP contribution in [0.1, 0.15) is 18.4 Å². The lowest BCUT2D eigenvalue weighted by atomic mass is 9.84. The molecule has 1 N–H and O–H groups in total. The third kappa shape index (κ3) is 3.13. The van der Waals surface area contributed by atoms with Crippen molar-refractivity contribution in [1.82, 2.24) is 19.7 Å². The molecule has 0 aliphatic carbocycles. The van der Waals surface area contributed by atoms with Gasteiger partial charge in [-0.1, -0.05) is 12.1 Å². The quantitative estimate of drug-likeness (QED) is 0.776. The molecule has 0 saturated carbocycles. The third-order valence-electron chi connectivity index (χ3n) is 4.89. The van der Waals surface area contributed by atoms with Gasteiger partial charge in [0.05, 0.1) is 25.1 Å². The molecule has 7 nitrogen and oxygen atoms in total. The van der Waals surface area contributed by atoms with E-state index in [1.165, 1.54) is 0 Å². The predicted molar refractivity (Wildman–Crippen MR) is 97.5 cm³/mol. The molecule has 3 aromatic rings. The second-order valence-corrected chi connectivity index (χ2v) is 6.43. The van der Waals surface area contributed by atoms with E-state index < -0.39 is 5.60 Å². The molecule has 7 heteroatoms. The number of methoxy groups -OCH3 is 1. The SMILES string of the molecule is COc1ccc(C2(O)CCN(c3cncc(-n4cccn4)n3)CC2)cc1. The van der Waals surface area contributed by atoms with E-state index in [1.807, 2.05) is 36.5 Å². The molecule has 0 bridgehead atoms. The molecule has 0 unspecified atom stereocenters. The molecule has 0 amide bonds. The Bertz CT molecular complexity index is 856. The Balaban J connectivity index is 1.48. The molecule has 0 atom stereocenters. The maximum Gasteiger partial charge on any atom is 0.173 e. The van der Waals surface area contributed by atoms with Crippen molar-refractivity contribution in [2.24, 2.45) is 0 Å². The van der Waals surface area contributed by atoms with Crippen LogP contribution in [0.15, 0.2) is 55.1 Å². The van der Waals surface area contributed by atoms with Crippen molar-refractivity contribution >= 4 is 5.82 Å². The molecule has 4 rings (SSSR count). The van der Waals surface area contributed by atoms with E-state index in [4.69, 9.17) is 4.74 Å². The fourth-order valence-corrected chi connectivity index (χ4v) is 3.31. The van der Waals surface area contributed by atoms with Gasteiger partial charge in [-0.05, 0) is 36.6 Å². The normalized spacial score (nSPS) is 16.5. The Kier molecular flexibility index (Phi) is 4.30. The van der Waals surface area contributed by atoms with E-state index in [2.05, 4.69) is 20.0 Å². The summed E-state index contributed by atoms with van der Waals surface area (Å²) >= 11 is 0. The number of rotatable bonds is 4. The van der Waals surface area contributed by atoms with E-state index in [1.54, 1.807) is 30.4 Å². The van der Waals surface area contributed by atoms with Crippen molar-refractivity contribution in [3.8, 4) is 11.6 Å². The Morgan fingerprint density at radius 2 is 1.81 bits per heavy atom. The first-order chi connectivity index (χ1) is 12.7. The first kappa shape index (κ1) is 16.5. The lowest BCUT2D eigenvalue weighted by Gasteiger charge is -2.39. The zero-order valence-corrected chi connectivity index (χ0v) is 14.6. The van der Waals surface area contributed by atoms with Crippen LogP contribution in [-0.4, -0.2) is 45.1 Å². The number of anilines is 1. The molecular weight excluding hydrogens is 330 g/mol. The van der Waals surface area contributed by atoms with Crippen LogP contribution in [-0.2, 0) is 5.60 Å². The largest absolute Gasteiger partial charge is 0.497 e. The molecule has 1 aromatic carbocycles. The molecule has 2 aromatic heterocycles. The van der Waals surface area contributed by atoms with Crippen molar-refractivity contribution in [2.75, 3.05) is 25.1 Å². The molecule has 0 radical (unpaired) electrons. The van der Waals surface area contributed by atoms with Gasteiger partial charge >= 0.3 is 0 Å². The second kappa shape index (κ2) is 6.76. The first-order valence-corrected chi connectivity index (χ1v) is 8.62. The molecule has 134 valence electrons. The fourth-order valence-electron chi connectivity index (χ4n) is 3.31. The number of piperidine rings is 1. The number of aromatic nitrogens is 4. The number of benzene rings is 1. The zero-order valence-electron chi connectivity index (χ0n) is 14.6. The summed E-state index contributed by atoms with van der Waals surface area (Å²) in [6.07, 6.45) is 8.26. The van der Waals surface area contributed by atoms with Gasteiger partial charge in [-0.3, -0.25) is 4.98 Å². The van der Waals surface area contributed by atoms with E-state index in [9.17, 15) is 5.11 Å². The predicted octanol–water partition coefficient (Wildman–Crippen LogP) is 2.16. The van der Waals surface area contributed by atoms with Gasteiger partial charge in [-0.2, -0.15) is 5.10 Å². The number of nitrogens with zero attached hydrogens (tertiary/aromatic N) is 5. The monoisotopic (exact) mass is 351 g/mol. The summed E-state index contributed by atoms with van der Waals surface area (Å²) in [4.78, 5) is 11.1. The lowest BCUT2D eigenvalue weighted by molar-refractivity contribution is 0.0116. The second-order valence-electron chi connectivity index (χ2n) is 6.43. The molecule has 3 heterocycles. The highest BCUT2D eigenvalue weighted by atomic mass is 16.5. The minimum Gasteiger partial charge on any atom is -0.497 e. The lowest BCUT2D eigenvalue weighted by Crippen LogP contribution is -2.43. The number of hydrogen-bond acceptors (Lipinski definition) is 6. The molecule has 1 saturated heterocycles. The summed E-state index contributed by atoms with van der Waals surface area (Å²) in [5.41, 5.74) is 0.102. The summed E-state index contributed by atoms with van der Waals surface area (Å²) in [7, 11) is 1.64. The van der Waals surface area contributed by atoms with Crippen molar-refractivity contribution in [3.05, 3.63) is 60.7 Å². The van der Waals surface area contributed by atoms with Crippen molar-refractivity contribution in [3.63, 3.8) is 0 Å². The van der Waals surface area contributed by atoms with Crippen LogP contribution in [0.25, 0.3) is 5.82 Å². The van der Waals surface area contributed by atoms with Crippen LogP contribution in [0, 0.1) is 0 Å². The molecular formula is C19H21N5O2. The van der Waals surface area contributed by atoms with Gasteiger partial charge in [-0.15, -0.1) is 0 Å². The average Bonchev–Trinajstić information content (AvgIpc) is 3.24. The first-order valence-electron chi connectivity index (χ1n) is 8.62. The van der Waals surface area contributed by atoms with Crippen molar-refractivity contribution in [1.29, 1.82) is 0 Å². The minimum atomic E-state index is -0.824. The van der Waals surface area contributed by atoms with Gasteiger partial charge < -0.3 is 14.7 Å². The van der Waals surface area contributed by atoms with Gasteiger partial charge in [-0.25, -0.2) is 9.67 Å². The zero-order chi connectivity index (χ0) is 18.0. The Labute approximate surface area is 151 Å². The maximum atomic E-state index is 11.1. The van der Waals surface area contributed by atoms with E-state index in [0.29, 0.717) is 31.7 Å². The summed E-state index contributed by atoms with van der Waals surface area (Å²) < 4.78 is 6.88. The van der Waals surface area contributed by atoms with Gasteiger partial charge in [0.1, 0.15) is 11.6 Å². The highest BCUT2D eigenvalue weighted by Gasteiger charge is 2.34. The molecule has 1 aliphatic heterocycles. The highest BCUT2D eigenvalue weighted by molar-refractivity contribution is 5.41. The standard InChI is InChI=1S/C19H21N5O2/c1-26-16-5-3-15(4-6-16)19(25)7-11-23(12-8-19)17-13-20-14-18(22-17)24-10-2-9-21-24/h2-6,9-10,13-14,25H,7-8,11-12H2,1H3. The van der Waals surface area contributed by atoms with E-state index in [-0.39, 0.29) is 0 Å². The molecule has 1 fully saturated rings. The summed E-state index contributed by atoms with van der Waals surface area (Å²) in [6.45, 7) is 1.42. The Hall–Kier alpha value is -2.93. The summed E-state index contributed by atoms with van der Waals surface area (Å²) in [5.74, 6) is 2.28. The smallest absolute Gasteiger partial charge is 0.173 e. The minimum absolute atomic E-state index is 0.632. The van der Waals surface area contributed by atoms with E-state index >= 15 is 0 Å². The van der Waals surface area contributed by atoms with Crippen LogP contribution in [0.2, 0.25) is 0 Å². The number of hydrogen-bond donors (Lipinski definition) is 1. The summed E-state index contributed by atoms with van der Waals surface area (Å²) in [6, 6.07) is 9.50. The summed E-state index contributed by atoms with van der Waals surface area (Å²) in [5, 5.41) is 15.3. The van der Waals surface area contributed by atoms with Gasteiger partial charge in [0.2, 0.25) is 0 Å². The van der Waals surface area contributed by atoms with Crippen molar-refractivity contribution < 1.29 is 9.84 Å². The van der Waals surface area contributed by atoms with Crippen LogP contribution >= 0.6 is 0 Å². The molecule has 26 heavy (non-hydrogen) atoms. The molecule has 0 spiro atoms. The van der Waals surface area contributed by atoms with Crippen LogP contribution < -0.4 is 9.64 Å². The van der Waals surface area contributed by atoms with Crippen LogP contribution in [0.3, 0.4) is 0 Å². The Morgan fingerprint density at radius 3 is 2.46 bits per heavy atom. The average molecular weight is 351 g/mol. The van der Waals surface area contributed by atoms with Gasteiger partial charge in [0.25, 0.3) is 0 Å². The van der Waals surface area contributed by atoms with Gasteiger partial charge in [0.15, 0.2) is 5.82 Å². The van der Waals surface area contributed by atoms with E-state index in [0.717, 1.165) is 17.1 Å².